The van der Waals surface area contributed by atoms with Gasteiger partial charge in [0, 0.05) is 11.3 Å². The number of aromatic nitrogens is 4. The van der Waals surface area contributed by atoms with Crippen molar-refractivity contribution in [3.63, 3.8) is 0 Å². The van der Waals surface area contributed by atoms with Crippen LogP contribution in [0.2, 0.25) is 0 Å². The Morgan fingerprint density at radius 1 is 1.31 bits per heavy atom. The predicted octanol–water partition coefficient (Wildman–Crippen LogP) is 2.70. The summed E-state index contributed by atoms with van der Waals surface area (Å²) >= 11 is 0. The zero-order chi connectivity index (χ0) is 18.5. The lowest BCUT2D eigenvalue weighted by Crippen LogP contribution is -2.30. The number of tetrazole rings is 1. The van der Waals surface area contributed by atoms with Gasteiger partial charge in [0.05, 0.1) is 19.3 Å². The van der Waals surface area contributed by atoms with Gasteiger partial charge in [-0.25, -0.2) is 4.79 Å². The van der Waals surface area contributed by atoms with Gasteiger partial charge >= 0.3 is 5.97 Å². The molecule has 0 saturated carbocycles. The highest BCUT2D eigenvalue weighted by Crippen LogP contribution is 2.38. The first kappa shape index (κ1) is 17.9. The molecule has 1 atom stereocenters. The van der Waals surface area contributed by atoms with E-state index >= 15 is 0 Å². The Kier molecular flexibility index (Phi) is 5.50. The van der Waals surface area contributed by atoms with Crippen LogP contribution < -0.4 is 10.1 Å². The van der Waals surface area contributed by atoms with E-state index in [1.807, 2.05) is 31.2 Å². The minimum absolute atomic E-state index is 0.372. The third-order valence-electron chi connectivity index (χ3n) is 4.35. The molecule has 1 aromatic carbocycles. The molecule has 1 aliphatic rings. The summed E-state index contributed by atoms with van der Waals surface area (Å²) in [6, 6.07) is 7.00. The van der Waals surface area contributed by atoms with Crippen molar-refractivity contribution in [2.45, 2.75) is 39.2 Å². The van der Waals surface area contributed by atoms with Crippen LogP contribution in [0.25, 0.3) is 0 Å². The summed E-state index contributed by atoms with van der Waals surface area (Å²) in [5.41, 5.74) is 1.94. The Labute approximate surface area is 152 Å². The molecule has 2 heterocycles. The van der Waals surface area contributed by atoms with Crippen LogP contribution in [-0.2, 0) is 9.53 Å². The largest absolute Gasteiger partial charge is 0.496 e. The molecule has 138 valence electrons. The van der Waals surface area contributed by atoms with Crippen LogP contribution in [0.4, 0.5) is 5.95 Å². The van der Waals surface area contributed by atoms with Gasteiger partial charge in [-0.15, -0.1) is 0 Å². The van der Waals surface area contributed by atoms with Crippen LogP contribution in [0.15, 0.2) is 35.5 Å². The standard InChI is InChI=1S/C18H23N5O3/c1-4-5-8-11-26-17(24)15-12(2)19-18-20-21-22-23(18)16(15)13-9-6-7-10-14(13)25-3/h6-7,9-10,16H,4-5,8,11H2,1-3H3,(H,19,20,22). The quantitative estimate of drug-likeness (QED) is 0.602. The minimum atomic E-state index is -0.518. The summed E-state index contributed by atoms with van der Waals surface area (Å²) in [4.78, 5) is 12.8. The molecule has 0 radical (unpaired) electrons. The van der Waals surface area contributed by atoms with E-state index in [1.54, 1.807) is 11.8 Å². The number of carbonyl (C=O) groups is 1. The average Bonchev–Trinajstić information content (AvgIpc) is 3.11. The van der Waals surface area contributed by atoms with Crippen LogP contribution >= 0.6 is 0 Å². The number of ether oxygens (including phenoxy) is 2. The molecular formula is C18H23N5O3. The fourth-order valence-electron chi connectivity index (χ4n) is 3.05. The number of unbranched alkanes of at least 4 members (excludes halogenated alkanes) is 2. The van der Waals surface area contributed by atoms with Gasteiger partial charge in [-0.1, -0.05) is 43.1 Å². The Balaban J connectivity index is 1.98. The summed E-state index contributed by atoms with van der Waals surface area (Å²) in [6.07, 6.45) is 2.94. The monoisotopic (exact) mass is 357 g/mol. The Morgan fingerprint density at radius 3 is 2.88 bits per heavy atom. The molecule has 2 aromatic rings. The molecular weight excluding hydrogens is 334 g/mol. The number of carbonyl (C=O) groups excluding carboxylic acids is 1. The van der Waals surface area contributed by atoms with E-state index in [-0.39, 0.29) is 5.97 Å². The molecule has 1 aliphatic heterocycles. The summed E-state index contributed by atoms with van der Waals surface area (Å²) in [5, 5.41) is 14.8. The molecule has 0 amide bonds. The van der Waals surface area contributed by atoms with Crippen LogP contribution in [-0.4, -0.2) is 39.9 Å². The van der Waals surface area contributed by atoms with Crippen molar-refractivity contribution in [2.24, 2.45) is 0 Å². The summed E-state index contributed by atoms with van der Waals surface area (Å²) in [5.74, 6) is 0.758. The number of allylic oxidation sites excluding steroid dienone is 1. The molecule has 8 heteroatoms. The van der Waals surface area contributed by atoms with Gasteiger partial charge in [-0.2, -0.15) is 4.68 Å². The lowest BCUT2D eigenvalue weighted by Gasteiger charge is -2.28. The predicted molar refractivity (Wildman–Crippen MR) is 95.8 cm³/mol. The highest BCUT2D eigenvalue weighted by Gasteiger charge is 2.36. The summed E-state index contributed by atoms with van der Waals surface area (Å²) in [6.45, 7) is 4.32. The highest BCUT2D eigenvalue weighted by molar-refractivity contribution is 5.92. The second-order valence-corrected chi connectivity index (χ2v) is 6.10. The Bertz CT molecular complexity index is 815. The van der Waals surface area contributed by atoms with Crippen molar-refractivity contribution in [1.82, 2.24) is 20.2 Å². The molecule has 1 N–H and O–H groups in total. The van der Waals surface area contributed by atoms with Crippen LogP contribution in [0.3, 0.4) is 0 Å². The maximum Gasteiger partial charge on any atom is 0.338 e. The fourth-order valence-corrected chi connectivity index (χ4v) is 3.05. The van der Waals surface area contributed by atoms with Crippen LogP contribution in [0.5, 0.6) is 5.75 Å². The Hall–Kier alpha value is -2.90. The normalized spacial score (nSPS) is 16.0. The smallest absolute Gasteiger partial charge is 0.338 e. The van der Waals surface area contributed by atoms with Crippen molar-refractivity contribution >= 4 is 11.9 Å². The van der Waals surface area contributed by atoms with Crippen LogP contribution in [0.1, 0.15) is 44.7 Å². The molecule has 0 fully saturated rings. The molecule has 8 nitrogen and oxygen atoms in total. The van der Waals surface area contributed by atoms with Gasteiger partial charge in [-0.3, -0.25) is 0 Å². The number of hydrogen-bond acceptors (Lipinski definition) is 7. The molecule has 3 rings (SSSR count). The first-order valence-corrected chi connectivity index (χ1v) is 8.73. The van der Waals surface area contributed by atoms with Gasteiger partial charge in [0.2, 0.25) is 5.95 Å². The van der Waals surface area contributed by atoms with Crippen molar-refractivity contribution in [1.29, 1.82) is 0 Å². The number of methoxy groups -OCH3 is 1. The molecule has 26 heavy (non-hydrogen) atoms. The summed E-state index contributed by atoms with van der Waals surface area (Å²) in [7, 11) is 1.60. The lowest BCUT2D eigenvalue weighted by molar-refractivity contribution is -0.139. The second-order valence-electron chi connectivity index (χ2n) is 6.10. The first-order chi connectivity index (χ1) is 12.7. The zero-order valence-electron chi connectivity index (χ0n) is 15.2. The third-order valence-corrected chi connectivity index (χ3v) is 4.35. The minimum Gasteiger partial charge on any atom is -0.496 e. The number of para-hydroxylation sites is 1. The number of rotatable bonds is 7. The first-order valence-electron chi connectivity index (χ1n) is 8.73. The number of nitrogens with zero attached hydrogens (tertiary/aromatic N) is 4. The van der Waals surface area contributed by atoms with Gasteiger partial charge in [0.25, 0.3) is 0 Å². The molecule has 1 unspecified atom stereocenters. The zero-order valence-corrected chi connectivity index (χ0v) is 15.2. The lowest BCUT2D eigenvalue weighted by atomic mass is 9.95. The van der Waals surface area contributed by atoms with Gasteiger partial charge < -0.3 is 14.8 Å². The van der Waals surface area contributed by atoms with E-state index in [4.69, 9.17) is 9.47 Å². The van der Waals surface area contributed by atoms with E-state index in [0.717, 1.165) is 24.8 Å². The third kappa shape index (κ3) is 3.40. The summed E-state index contributed by atoms with van der Waals surface area (Å²) < 4.78 is 12.6. The molecule has 0 aliphatic carbocycles. The van der Waals surface area contributed by atoms with E-state index in [1.165, 1.54) is 0 Å². The SMILES string of the molecule is CCCCCOC(=O)C1=C(C)Nc2nnnn2C1c1ccccc1OC. The topological polar surface area (TPSA) is 91.2 Å². The van der Waals surface area contributed by atoms with Crippen molar-refractivity contribution in [3.05, 3.63) is 41.1 Å². The molecule has 0 saturated heterocycles. The number of anilines is 1. The fraction of sp³-hybridized carbons (Fsp3) is 0.444. The van der Waals surface area contributed by atoms with Crippen molar-refractivity contribution in [3.8, 4) is 5.75 Å². The van der Waals surface area contributed by atoms with E-state index in [2.05, 4.69) is 27.8 Å². The maximum absolute atomic E-state index is 12.8. The number of benzene rings is 1. The average molecular weight is 357 g/mol. The number of fused-ring (bicyclic) bond motifs is 1. The molecule has 1 aromatic heterocycles. The van der Waals surface area contributed by atoms with E-state index < -0.39 is 6.04 Å². The van der Waals surface area contributed by atoms with Gasteiger partial charge in [0.15, 0.2) is 0 Å². The highest BCUT2D eigenvalue weighted by atomic mass is 16.5. The number of esters is 1. The Morgan fingerprint density at radius 2 is 2.12 bits per heavy atom. The van der Waals surface area contributed by atoms with Gasteiger partial charge in [-0.05, 0) is 29.8 Å². The molecule has 0 spiro atoms. The number of hydrogen-bond donors (Lipinski definition) is 1. The van der Waals surface area contributed by atoms with Crippen molar-refractivity contribution < 1.29 is 14.3 Å². The van der Waals surface area contributed by atoms with E-state index in [9.17, 15) is 4.79 Å². The molecule has 0 bridgehead atoms. The second kappa shape index (κ2) is 7.99. The van der Waals surface area contributed by atoms with E-state index in [0.29, 0.717) is 29.6 Å². The number of nitrogens with one attached hydrogen (secondary N) is 1. The van der Waals surface area contributed by atoms with Crippen molar-refractivity contribution in [2.75, 3.05) is 19.0 Å². The maximum atomic E-state index is 12.8. The van der Waals surface area contributed by atoms with Gasteiger partial charge in [0.1, 0.15) is 11.8 Å². The van der Waals surface area contributed by atoms with Crippen LogP contribution in [0, 0.1) is 0 Å².